The number of para-hydroxylation sites is 1. The number of hydrogen-bond donors (Lipinski definition) is 0. The number of hydrogen-bond acceptors (Lipinski definition) is 3. The first-order valence-electron chi connectivity index (χ1n) is 6.18. The fourth-order valence-corrected chi connectivity index (χ4v) is 1.80. The predicted molar refractivity (Wildman–Crippen MR) is 66.3 cm³/mol. The minimum atomic E-state index is 0.271. The van der Waals surface area contributed by atoms with Crippen molar-refractivity contribution in [2.45, 2.75) is 13.3 Å². The minimum absolute atomic E-state index is 0.271. The summed E-state index contributed by atoms with van der Waals surface area (Å²) in [6.45, 7) is 5.88. The van der Waals surface area contributed by atoms with Gasteiger partial charge in [-0.25, -0.2) is 0 Å². The maximum Gasteiger partial charge on any atom is 0.119 e. The average molecular weight is 236 g/mol. The van der Waals surface area contributed by atoms with Crippen LogP contribution >= 0.6 is 0 Å². The molecule has 1 fully saturated rings. The largest absolute Gasteiger partial charge is 0.491 e. The Morgan fingerprint density at radius 3 is 2.53 bits per heavy atom. The minimum Gasteiger partial charge on any atom is -0.491 e. The highest BCUT2D eigenvalue weighted by Crippen LogP contribution is 2.31. The Morgan fingerprint density at radius 2 is 1.94 bits per heavy atom. The van der Waals surface area contributed by atoms with Gasteiger partial charge >= 0.3 is 0 Å². The lowest BCUT2D eigenvalue weighted by molar-refractivity contribution is -0.151. The van der Waals surface area contributed by atoms with Crippen molar-refractivity contribution in [2.75, 3.05) is 33.0 Å². The molecule has 3 nitrogen and oxygen atoms in total. The van der Waals surface area contributed by atoms with Crippen LogP contribution in [0.25, 0.3) is 0 Å². The highest BCUT2D eigenvalue weighted by molar-refractivity contribution is 5.20. The maximum absolute atomic E-state index is 5.65. The summed E-state index contributed by atoms with van der Waals surface area (Å²) in [5.74, 6) is 0.897. The third kappa shape index (κ3) is 3.45. The van der Waals surface area contributed by atoms with Crippen LogP contribution in [0.4, 0.5) is 0 Å². The monoisotopic (exact) mass is 236 g/mol. The van der Waals surface area contributed by atoms with Crippen molar-refractivity contribution in [3.8, 4) is 5.75 Å². The zero-order chi connectivity index (χ0) is 12.0. The van der Waals surface area contributed by atoms with E-state index in [0.717, 1.165) is 32.0 Å². The van der Waals surface area contributed by atoms with Crippen LogP contribution in [0, 0.1) is 5.41 Å². The smallest absolute Gasteiger partial charge is 0.119 e. The van der Waals surface area contributed by atoms with Crippen LogP contribution in [0.1, 0.15) is 13.3 Å². The van der Waals surface area contributed by atoms with Gasteiger partial charge in [-0.3, -0.25) is 0 Å². The van der Waals surface area contributed by atoms with E-state index in [-0.39, 0.29) is 5.41 Å². The highest BCUT2D eigenvalue weighted by Gasteiger charge is 2.36. The van der Waals surface area contributed by atoms with Crippen LogP contribution in [-0.4, -0.2) is 33.0 Å². The third-order valence-electron chi connectivity index (χ3n) is 3.21. The summed E-state index contributed by atoms with van der Waals surface area (Å²) in [7, 11) is 0. The van der Waals surface area contributed by atoms with Crippen LogP contribution < -0.4 is 4.74 Å². The molecule has 0 bridgehead atoms. The van der Waals surface area contributed by atoms with E-state index in [1.54, 1.807) is 0 Å². The molecule has 1 saturated heterocycles. The molecule has 17 heavy (non-hydrogen) atoms. The molecular formula is C14H20O3. The molecule has 0 aliphatic carbocycles. The fourth-order valence-electron chi connectivity index (χ4n) is 1.80. The van der Waals surface area contributed by atoms with Gasteiger partial charge in [-0.05, 0) is 18.6 Å². The first-order chi connectivity index (χ1) is 8.35. The van der Waals surface area contributed by atoms with Crippen molar-refractivity contribution in [3.63, 3.8) is 0 Å². The molecule has 1 aromatic rings. The van der Waals surface area contributed by atoms with E-state index in [0.29, 0.717) is 13.2 Å². The van der Waals surface area contributed by atoms with Crippen molar-refractivity contribution in [1.29, 1.82) is 0 Å². The fraction of sp³-hybridized carbons (Fsp3) is 0.571. The third-order valence-corrected chi connectivity index (χ3v) is 3.21. The summed E-state index contributed by atoms with van der Waals surface area (Å²) >= 11 is 0. The van der Waals surface area contributed by atoms with E-state index < -0.39 is 0 Å². The Bertz CT molecular complexity index is 314. The molecule has 0 saturated carbocycles. The van der Waals surface area contributed by atoms with Crippen LogP contribution in [0.15, 0.2) is 30.3 Å². The second kappa shape index (κ2) is 6.03. The molecule has 1 heterocycles. The number of rotatable bonds is 7. The molecule has 94 valence electrons. The topological polar surface area (TPSA) is 27.7 Å². The van der Waals surface area contributed by atoms with Gasteiger partial charge in [0.2, 0.25) is 0 Å². The van der Waals surface area contributed by atoms with Gasteiger partial charge in [0, 0.05) is 5.41 Å². The molecule has 0 amide bonds. The van der Waals surface area contributed by atoms with Crippen LogP contribution in [0.3, 0.4) is 0 Å². The quantitative estimate of drug-likeness (QED) is 0.681. The molecule has 0 atom stereocenters. The summed E-state index contributed by atoms with van der Waals surface area (Å²) < 4.78 is 16.4. The summed E-state index contributed by atoms with van der Waals surface area (Å²) in [5, 5.41) is 0. The van der Waals surface area contributed by atoms with Crippen molar-refractivity contribution in [2.24, 2.45) is 5.41 Å². The molecule has 0 aromatic heterocycles. The zero-order valence-corrected chi connectivity index (χ0v) is 10.4. The molecular weight excluding hydrogens is 216 g/mol. The summed E-state index contributed by atoms with van der Waals surface area (Å²) in [4.78, 5) is 0. The highest BCUT2D eigenvalue weighted by atomic mass is 16.5. The molecule has 3 heteroatoms. The van der Waals surface area contributed by atoms with Crippen molar-refractivity contribution in [1.82, 2.24) is 0 Å². The van der Waals surface area contributed by atoms with Gasteiger partial charge < -0.3 is 14.2 Å². The van der Waals surface area contributed by atoms with Crippen molar-refractivity contribution < 1.29 is 14.2 Å². The summed E-state index contributed by atoms with van der Waals surface area (Å²) in [6, 6.07) is 9.81. The maximum atomic E-state index is 5.65. The van der Waals surface area contributed by atoms with E-state index in [2.05, 4.69) is 6.92 Å². The standard InChI is InChI=1S/C14H20O3/c1-2-14(11-16-12-14)10-15-8-9-17-13-6-4-3-5-7-13/h3-7H,2,8-12H2,1H3. The van der Waals surface area contributed by atoms with Gasteiger partial charge in [0.1, 0.15) is 12.4 Å². The Morgan fingerprint density at radius 1 is 1.18 bits per heavy atom. The molecule has 0 spiro atoms. The molecule has 0 N–H and O–H groups in total. The predicted octanol–water partition coefficient (Wildman–Crippen LogP) is 2.51. The molecule has 0 radical (unpaired) electrons. The summed E-state index contributed by atoms with van der Waals surface area (Å²) in [6.07, 6.45) is 1.12. The zero-order valence-electron chi connectivity index (χ0n) is 10.4. The molecule has 2 rings (SSSR count). The Labute approximate surface area is 103 Å². The van der Waals surface area contributed by atoms with E-state index in [1.807, 2.05) is 30.3 Å². The van der Waals surface area contributed by atoms with E-state index >= 15 is 0 Å². The Hall–Kier alpha value is -1.06. The SMILES string of the molecule is CCC1(COCCOc2ccccc2)COC1. The lowest BCUT2D eigenvalue weighted by Crippen LogP contribution is -2.45. The molecule has 1 aliphatic heterocycles. The first-order valence-corrected chi connectivity index (χ1v) is 6.18. The molecule has 0 unspecified atom stereocenters. The number of ether oxygens (including phenoxy) is 3. The average Bonchev–Trinajstić information content (AvgIpc) is 2.33. The van der Waals surface area contributed by atoms with E-state index in [9.17, 15) is 0 Å². The first kappa shape index (κ1) is 12.4. The van der Waals surface area contributed by atoms with Crippen LogP contribution in [0.2, 0.25) is 0 Å². The van der Waals surface area contributed by atoms with Gasteiger partial charge in [0.05, 0.1) is 26.4 Å². The van der Waals surface area contributed by atoms with Crippen molar-refractivity contribution >= 4 is 0 Å². The van der Waals surface area contributed by atoms with E-state index in [4.69, 9.17) is 14.2 Å². The van der Waals surface area contributed by atoms with Crippen molar-refractivity contribution in [3.05, 3.63) is 30.3 Å². The second-order valence-corrected chi connectivity index (χ2v) is 4.56. The Balaban J connectivity index is 1.58. The van der Waals surface area contributed by atoms with E-state index in [1.165, 1.54) is 0 Å². The van der Waals surface area contributed by atoms with Gasteiger partial charge in [0.15, 0.2) is 0 Å². The molecule has 1 aliphatic rings. The Kier molecular flexibility index (Phi) is 4.40. The van der Waals surface area contributed by atoms with Gasteiger partial charge in [0.25, 0.3) is 0 Å². The lowest BCUT2D eigenvalue weighted by Gasteiger charge is -2.40. The van der Waals surface area contributed by atoms with Gasteiger partial charge in [-0.2, -0.15) is 0 Å². The normalized spacial score (nSPS) is 17.5. The second-order valence-electron chi connectivity index (χ2n) is 4.56. The van der Waals surface area contributed by atoms with Gasteiger partial charge in [-0.1, -0.05) is 25.1 Å². The van der Waals surface area contributed by atoms with Crippen LogP contribution in [0.5, 0.6) is 5.75 Å². The number of benzene rings is 1. The van der Waals surface area contributed by atoms with Crippen LogP contribution in [-0.2, 0) is 9.47 Å². The van der Waals surface area contributed by atoms with Gasteiger partial charge in [-0.15, -0.1) is 0 Å². The molecule has 1 aromatic carbocycles. The summed E-state index contributed by atoms with van der Waals surface area (Å²) in [5.41, 5.74) is 0.271. The lowest BCUT2D eigenvalue weighted by atomic mass is 9.84.